The van der Waals surface area contributed by atoms with Gasteiger partial charge in [0.05, 0.1) is 5.69 Å². The summed E-state index contributed by atoms with van der Waals surface area (Å²) >= 11 is 0. The van der Waals surface area contributed by atoms with Crippen molar-refractivity contribution in [2.45, 2.75) is 32.9 Å². The van der Waals surface area contributed by atoms with E-state index < -0.39 is 0 Å². The average Bonchev–Trinajstić information content (AvgIpc) is 2.59. The van der Waals surface area contributed by atoms with Crippen LogP contribution in [0.2, 0.25) is 0 Å². The maximum Gasteiger partial charge on any atom is 0.268 e. The lowest BCUT2D eigenvalue weighted by Gasteiger charge is -2.12. The summed E-state index contributed by atoms with van der Waals surface area (Å²) < 4.78 is 1.84. The van der Waals surface area contributed by atoms with Gasteiger partial charge in [-0.05, 0) is 26.3 Å². The number of anilines is 1. The van der Waals surface area contributed by atoms with Gasteiger partial charge in [-0.1, -0.05) is 6.08 Å². The minimum absolute atomic E-state index is 0.0893. The molecule has 0 spiro atoms. The quantitative estimate of drug-likeness (QED) is 0.745. The first kappa shape index (κ1) is 12.4. The number of carbonyl (C=O) groups is 1. The molecule has 0 saturated heterocycles. The molecule has 1 atom stereocenters. The molecule has 1 aromatic heterocycles. The van der Waals surface area contributed by atoms with Crippen molar-refractivity contribution < 1.29 is 4.79 Å². The Hall–Kier alpha value is -1.71. The molecule has 0 fully saturated rings. The molecule has 3 N–H and O–H groups in total. The minimum atomic E-state index is -0.0899. The normalized spacial score (nSPS) is 12.1. The Morgan fingerprint density at radius 1 is 1.75 bits per heavy atom. The second-order valence-electron chi connectivity index (χ2n) is 3.84. The molecule has 4 heteroatoms. The number of carbonyl (C=O) groups excluding carboxylic acids is 1. The van der Waals surface area contributed by atoms with E-state index in [4.69, 9.17) is 5.73 Å². The van der Waals surface area contributed by atoms with Crippen LogP contribution in [0, 0.1) is 0 Å². The first-order chi connectivity index (χ1) is 7.58. The SMILES string of the molecule is C=CCC(C)NC(=O)c1cc(N)cn1CC. The summed E-state index contributed by atoms with van der Waals surface area (Å²) in [5.41, 5.74) is 6.89. The maximum absolute atomic E-state index is 11.9. The number of hydrogen-bond acceptors (Lipinski definition) is 2. The van der Waals surface area contributed by atoms with Gasteiger partial charge < -0.3 is 15.6 Å². The van der Waals surface area contributed by atoms with Crippen molar-refractivity contribution in [3.63, 3.8) is 0 Å². The molecule has 0 saturated carbocycles. The lowest BCUT2D eigenvalue weighted by Crippen LogP contribution is -2.33. The summed E-state index contributed by atoms with van der Waals surface area (Å²) in [6.45, 7) is 8.30. The number of rotatable bonds is 5. The van der Waals surface area contributed by atoms with Crippen molar-refractivity contribution in [3.8, 4) is 0 Å². The highest BCUT2D eigenvalue weighted by Gasteiger charge is 2.13. The third kappa shape index (κ3) is 2.89. The Balaban J connectivity index is 2.75. The smallest absolute Gasteiger partial charge is 0.268 e. The van der Waals surface area contributed by atoms with Gasteiger partial charge in [0.15, 0.2) is 0 Å². The Kier molecular flexibility index (Phi) is 4.17. The molecule has 0 aromatic carbocycles. The molecule has 1 rings (SSSR count). The lowest BCUT2D eigenvalue weighted by atomic mass is 10.2. The second kappa shape index (κ2) is 5.39. The molecular formula is C12H19N3O. The second-order valence-corrected chi connectivity index (χ2v) is 3.84. The fraction of sp³-hybridized carbons (Fsp3) is 0.417. The summed E-state index contributed by atoms with van der Waals surface area (Å²) in [5.74, 6) is -0.0899. The van der Waals surface area contributed by atoms with Crippen LogP contribution >= 0.6 is 0 Å². The molecule has 16 heavy (non-hydrogen) atoms. The van der Waals surface area contributed by atoms with E-state index in [9.17, 15) is 4.79 Å². The molecule has 88 valence electrons. The Labute approximate surface area is 96.1 Å². The van der Waals surface area contributed by atoms with Crippen LogP contribution in [-0.4, -0.2) is 16.5 Å². The number of nitrogen functional groups attached to an aromatic ring is 1. The molecule has 0 aliphatic heterocycles. The third-order valence-electron chi connectivity index (χ3n) is 2.39. The predicted octanol–water partition coefficient (Wildman–Crippen LogP) is 1.78. The van der Waals surface area contributed by atoms with Crippen LogP contribution in [0.15, 0.2) is 24.9 Å². The van der Waals surface area contributed by atoms with Crippen LogP contribution in [0.3, 0.4) is 0 Å². The van der Waals surface area contributed by atoms with Crippen LogP contribution in [0.4, 0.5) is 5.69 Å². The monoisotopic (exact) mass is 221 g/mol. The molecule has 4 nitrogen and oxygen atoms in total. The van der Waals surface area contributed by atoms with Crippen LogP contribution in [0.1, 0.15) is 30.8 Å². The van der Waals surface area contributed by atoms with E-state index in [1.165, 1.54) is 0 Å². The number of aromatic nitrogens is 1. The molecule has 0 aliphatic rings. The van der Waals surface area contributed by atoms with E-state index in [0.29, 0.717) is 11.4 Å². The lowest BCUT2D eigenvalue weighted by molar-refractivity contribution is 0.0931. The summed E-state index contributed by atoms with van der Waals surface area (Å²) in [5, 5.41) is 2.90. The van der Waals surface area contributed by atoms with Crippen LogP contribution < -0.4 is 11.1 Å². The van der Waals surface area contributed by atoms with Crippen molar-refractivity contribution in [3.05, 3.63) is 30.6 Å². The number of aryl methyl sites for hydroxylation is 1. The fourth-order valence-electron chi connectivity index (χ4n) is 1.59. The van der Waals surface area contributed by atoms with Gasteiger partial charge in [0.25, 0.3) is 5.91 Å². The zero-order chi connectivity index (χ0) is 12.1. The first-order valence-electron chi connectivity index (χ1n) is 5.45. The number of amides is 1. The summed E-state index contributed by atoms with van der Waals surface area (Å²) in [6.07, 6.45) is 4.32. The zero-order valence-electron chi connectivity index (χ0n) is 9.86. The van der Waals surface area contributed by atoms with E-state index in [1.54, 1.807) is 18.3 Å². The number of nitrogens with two attached hydrogens (primary N) is 1. The Morgan fingerprint density at radius 3 is 3.00 bits per heavy atom. The van der Waals surface area contributed by atoms with Crippen LogP contribution in [0.5, 0.6) is 0 Å². The van der Waals surface area contributed by atoms with Gasteiger partial charge >= 0.3 is 0 Å². The fourth-order valence-corrected chi connectivity index (χ4v) is 1.59. The largest absolute Gasteiger partial charge is 0.397 e. The van der Waals surface area contributed by atoms with Gasteiger partial charge in [0.1, 0.15) is 5.69 Å². The van der Waals surface area contributed by atoms with Crippen molar-refractivity contribution in [1.29, 1.82) is 0 Å². The molecule has 0 bridgehead atoms. The molecule has 1 heterocycles. The molecule has 0 radical (unpaired) electrons. The first-order valence-corrected chi connectivity index (χ1v) is 5.45. The van der Waals surface area contributed by atoms with E-state index in [0.717, 1.165) is 13.0 Å². The highest BCUT2D eigenvalue weighted by molar-refractivity contribution is 5.94. The van der Waals surface area contributed by atoms with Crippen molar-refractivity contribution >= 4 is 11.6 Å². The maximum atomic E-state index is 11.9. The van der Waals surface area contributed by atoms with E-state index in [-0.39, 0.29) is 11.9 Å². The average molecular weight is 221 g/mol. The van der Waals surface area contributed by atoms with Crippen molar-refractivity contribution in [1.82, 2.24) is 9.88 Å². The Morgan fingerprint density at radius 2 is 2.44 bits per heavy atom. The van der Waals surface area contributed by atoms with E-state index >= 15 is 0 Å². The molecule has 1 amide bonds. The zero-order valence-corrected chi connectivity index (χ0v) is 9.86. The van der Waals surface area contributed by atoms with Gasteiger partial charge in [-0.3, -0.25) is 4.79 Å². The van der Waals surface area contributed by atoms with E-state index in [1.807, 2.05) is 18.4 Å². The summed E-state index contributed by atoms with van der Waals surface area (Å²) in [4.78, 5) is 11.9. The van der Waals surface area contributed by atoms with Crippen LogP contribution in [0.25, 0.3) is 0 Å². The van der Waals surface area contributed by atoms with Gasteiger partial charge in [-0.15, -0.1) is 6.58 Å². The van der Waals surface area contributed by atoms with Gasteiger partial charge in [0.2, 0.25) is 0 Å². The van der Waals surface area contributed by atoms with Crippen molar-refractivity contribution in [2.75, 3.05) is 5.73 Å². The van der Waals surface area contributed by atoms with E-state index in [2.05, 4.69) is 11.9 Å². The molecule has 1 aromatic rings. The molecule has 0 aliphatic carbocycles. The topological polar surface area (TPSA) is 60.1 Å². The number of hydrogen-bond donors (Lipinski definition) is 2. The number of nitrogens with one attached hydrogen (secondary N) is 1. The molecular weight excluding hydrogens is 202 g/mol. The standard InChI is InChI=1S/C12H19N3O/c1-4-6-9(3)14-12(16)11-7-10(13)8-15(11)5-2/h4,7-9H,1,5-6,13H2,2-3H3,(H,14,16). The summed E-state index contributed by atoms with van der Waals surface area (Å²) in [6, 6.07) is 1.78. The highest BCUT2D eigenvalue weighted by atomic mass is 16.2. The van der Waals surface area contributed by atoms with Crippen molar-refractivity contribution in [2.24, 2.45) is 0 Å². The Bertz CT molecular complexity index is 382. The molecule has 1 unspecified atom stereocenters. The van der Waals surface area contributed by atoms with Crippen LogP contribution in [-0.2, 0) is 6.54 Å². The van der Waals surface area contributed by atoms with Gasteiger partial charge in [-0.2, -0.15) is 0 Å². The third-order valence-corrected chi connectivity index (χ3v) is 2.39. The highest BCUT2D eigenvalue weighted by Crippen LogP contribution is 2.10. The van der Waals surface area contributed by atoms with Gasteiger partial charge in [-0.25, -0.2) is 0 Å². The minimum Gasteiger partial charge on any atom is -0.397 e. The summed E-state index contributed by atoms with van der Waals surface area (Å²) in [7, 11) is 0. The van der Waals surface area contributed by atoms with Gasteiger partial charge in [0, 0.05) is 18.8 Å². The number of nitrogens with zero attached hydrogens (tertiary/aromatic N) is 1. The predicted molar refractivity (Wildman–Crippen MR) is 66.3 cm³/mol.